The minimum Gasteiger partial charge on any atom is -0.328 e. The summed E-state index contributed by atoms with van der Waals surface area (Å²) in [6.07, 6.45) is 1.74. The standard InChI is InChI=1S/C9H19N2O/c1-8(2)4-7(10)5-9(3,6-12)11-8/h7,11H,4-6,10H2,1-3H3. The molecule has 3 heteroatoms. The zero-order valence-corrected chi connectivity index (χ0v) is 8.18. The Morgan fingerprint density at radius 2 is 2.00 bits per heavy atom. The summed E-state index contributed by atoms with van der Waals surface area (Å²) < 4.78 is 0. The lowest BCUT2D eigenvalue weighted by atomic mass is 9.79. The zero-order valence-electron chi connectivity index (χ0n) is 8.18. The fraction of sp³-hybridized carbons (Fsp3) is 1.00. The Bertz CT molecular complexity index is 170. The lowest BCUT2D eigenvalue weighted by Gasteiger charge is -2.45. The van der Waals surface area contributed by atoms with Crippen molar-refractivity contribution in [1.82, 2.24) is 5.32 Å². The lowest BCUT2D eigenvalue weighted by molar-refractivity contribution is 0.0501. The van der Waals surface area contributed by atoms with Crippen LogP contribution in [0.4, 0.5) is 0 Å². The summed E-state index contributed by atoms with van der Waals surface area (Å²) >= 11 is 0. The summed E-state index contributed by atoms with van der Waals surface area (Å²) in [4.78, 5) is 0. The van der Waals surface area contributed by atoms with E-state index < -0.39 is 0 Å². The fourth-order valence-corrected chi connectivity index (χ4v) is 2.32. The molecule has 0 bridgehead atoms. The van der Waals surface area contributed by atoms with Gasteiger partial charge < -0.3 is 11.1 Å². The summed E-state index contributed by atoms with van der Waals surface area (Å²) in [6, 6.07) is 0.167. The van der Waals surface area contributed by atoms with E-state index in [-0.39, 0.29) is 23.7 Å². The molecule has 0 aromatic carbocycles. The van der Waals surface area contributed by atoms with Gasteiger partial charge >= 0.3 is 0 Å². The Morgan fingerprint density at radius 3 is 2.42 bits per heavy atom. The van der Waals surface area contributed by atoms with Gasteiger partial charge in [0.2, 0.25) is 0 Å². The van der Waals surface area contributed by atoms with Crippen LogP contribution in [0.1, 0.15) is 33.6 Å². The van der Waals surface area contributed by atoms with Crippen molar-refractivity contribution in [1.29, 1.82) is 0 Å². The van der Waals surface area contributed by atoms with Gasteiger partial charge in [-0.1, -0.05) is 0 Å². The van der Waals surface area contributed by atoms with Gasteiger partial charge in [0.1, 0.15) is 6.61 Å². The first kappa shape index (κ1) is 9.96. The summed E-state index contributed by atoms with van der Waals surface area (Å²) in [5.74, 6) is 0. The molecule has 1 saturated heterocycles. The molecule has 1 fully saturated rings. The highest BCUT2D eigenvalue weighted by Crippen LogP contribution is 2.27. The monoisotopic (exact) mass is 171 g/mol. The largest absolute Gasteiger partial charge is 0.328 e. The SMILES string of the molecule is CC1(C)CC(N)CC(C)(C[O])N1. The van der Waals surface area contributed by atoms with Crippen molar-refractivity contribution in [2.75, 3.05) is 6.61 Å². The van der Waals surface area contributed by atoms with Crippen molar-refractivity contribution < 1.29 is 5.11 Å². The molecule has 1 aliphatic heterocycles. The second kappa shape index (κ2) is 2.98. The second-order valence-electron chi connectivity index (χ2n) is 4.88. The molecule has 71 valence electrons. The zero-order chi connectivity index (χ0) is 9.41. The second-order valence-corrected chi connectivity index (χ2v) is 4.88. The van der Waals surface area contributed by atoms with E-state index in [9.17, 15) is 5.11 Å². The van der Waals surface area contributed by atoms with Crippen LogP contribution in [-0.4, -0.2) is 23.7 Å². The van der Waals surface area contributed by atoms with Crippen LogP contribution in [0.15, 0.2) is 0 Å². The first-order valence-corrected chi connectivity index (χ1v) is 4.50. The summed E-state index contributed by atoms with van der Waals surface area (Å²) in [6.45, 7) is 6.06. The Hall–Kier alpha value is -0.120. The quantitative estimate of drug-likeness (QED) is 0.609. The van der Waals surface area contributed by atoms with Crippen molar-refractivity contribution in [2.24, 2.45) is 5.73 Å². The molecular weight excluding hydrogens is 152 g/mol. The Labute approximate surface area is 74.3 Å². The first-order valence-electron chi connectivity index (χ1n) is 4.50. The van der Waals surface area contributed by atoms with Crippen molar-refractivity contribution in [2.45, 2.75) is 50.7 Å². The molecule has 0 aromatic heterocycles. The van der Waals surface area contributed by atoms with Gasteiger partial charge in [-0.2, -0.15) is 0 Å². The third-order valence-corrected chi connectivity index (χ3v) is 2.44. The number of hydrogen-bond acceptors (Lipinski definition) is 2. The molecule has 2 unspecified atom stereocenters. The number of hydrogen-bond donors (Lipinski definition) is 2. The molecule has 1 aliphatic rings. The molecule has 3 N–H and O–H groups in total. The molecule has 0 saturated carbocycles. The predicted molar refractivity (Wildman–Crippen MR) is 48.4 cm³/mol. The molecular formula is C9H19N2O. The lowest BCUT2D eigenvalue weighted by Crippen LogP contribution is -2.63. The minimum absolute atomic E-state index is 0.0107. The molecule has 1 radical (unpaired) electrons. The van der Waals surface area contributed by atoms with Crippen LogP contribution in [0, 0.1) is 0 Å². The molecule has 12 heavy (non-hydrogen) atoms. The van der Waals surface area contributed by atoms with Crippen LogP contribution in [0.25, 0.3) is 0 Å². The summed E-state index contributed by atoms with van der Waals surface area (Å²) in [5, 5.41) is 14.3. The number of rotatable bonds is 1. The number of piperidine rings is 1. The summed E-state index contributed by atoms with van der Waals surface area (Å²) in [5.41, 5.74) is 5.59. The van der Waals surface area contributed by atoms with Crippen molar-refractivity contribution in [3.8, 4) is 0 Å². The first-order chi connectivity index (χ1) is 5.37. The number of nitrogens with two attached hydrogens (primary N) is 1. The van der Waals surface area contributed by atoms with Crippen LogP contribution in [0.5, 0.6) is 0 Å². The van der Waals surface area contributed by atoms with E-state index in [0.717, 1.165) is 12.8 Å². The molecule has 1 rings (SSSR count). The highest BCUT2D eigenvalue weighted by Gasteiger charge is 2.38. The van der Waals surface area contributed by atoms with Crippen LogP contribution in [0.2, 0.25) is 0 Å². The van der Waals surface area contributed by atoms with E-state index in [4.69, 9.17) is 5.73 Å². The maximum Gasteiger partial charge on any atom is 0.100 e. The normalized spacial score (nSPS) is 41.2. The molecule has 2 atom stereocenters. The van der Waals surface area contributed by atoms with Gasteiger partial charge in [0.15, 0.2) is 0 Å². The van der Waals surface area contributed by atoms with Crippen molar-refractivity contribution in [3.63, 3.8) is 0 Å². The van der Waals surface area contributed by atoms with Crippen molar-refractivity contribution >= 4 is 0 Å². The van der Waals surface area contributed by atoms with Gasteiger partial charge in [0.05, 0.1) is 0 Å². The van der Waals surface area contributed by atoms with Gasteiger partial charge in [0, 0.05) is 17.1 Å². The smallest absolute Gasteiger partial charge is 0.100 e. The predicted octanol–water partition coefficient (Wildman–Crippen LogP) is 0.665. The van der Waals surface area contributed by atoms with Crippen LogP contribution in [0.3, 0.4) is 0 Å². The van der Waals surface area contributed by atoms with Gasteiger partial charge in [-0.05, 0) is 33.6 Å². The molecule has 0 aliphatic carbocycles. The number of nitrogens with one attached hydrogen (secondary N) is 1. The highest BCUT2D eigenvalue weighted by atomic mass is 16.3. The topological polar surface area (TPSA) is 58.0 Å². The molecule has 3 nitrogen and oxygen atoms in total. The van der Waals surface area contributed by atoms with Crippen LogP contribution in [-0.2, 0) is 5.11 Å². The van der Waals surface area contributed by atoms with Gasteiger partial charge in [-0.15, -0.1) is 0 Å². The maximum atomic E-state index is 10.9. The van der Waals surface area contributed by atoms with E-state index in [1.165, 1.54) is 0 Å². The average Bonchev–Trinajstić information content (AvgIpc) is 1.82. The molecule has 0 amide bonds. The Kier molecular flexibility index (Phi) is 2.47. The molecule has 0 aromatic rings. The summed E-state index contributed by atoms with van der Waals surface area (Å²) in [7, 11) is 0. The average molecular weight is 171 g/mol. The van der Waals surface area contributed by atoms with E-state index in [1.807, 2.05) is 6.92 Å². The fourth-order valence-electron chi connectivity index (χ4n) is 2.32. The van der Waals surface area contributed by atoms with E-state index in [2.05, 4.69) is 19.2 Å². The molecule has 0 spiro atoms. The van der Waals surface area contributed by atoms with E-state index >= 15 is 0 Å². The minimum atomic E-state index is -0.304. The van der Waals surface area contributed by atoms with Gasteiger partial charge in [0.25, 0.3) is 0 Å². The van der Waals surface area contributed by atoms with Crippen molar-refractivity contribution in [3.05, 3.63) is 0 Å². The van der Waals surface area contributed by atoms with Crippen LogP contribution < -0.4 is 11.1 Å². The van der Waals surface area contributed by atoms with Crippen LogP contribution >= 0.6 is 0 Å². The third kappa shape index (κ3) is 2.19. The van der Waals surface area contributed by atoms with Gasteiger partial charge in [-0.3, -0.25) is 0 Å². The van der Waals surface area contributed by atoms with E-state index in [0.29, 0.717) is 0 Å². The Morgan fingerprint density at radius 1 is 1.42 bits per heavy atom. The van der Waals surface area contributed by atoms with Gasteiger partial charge in [-0.25, -0.2) is 5.11 Å². The highest BCUT2D eigenvalue weighted by molar-refractivity contribution is 5.00. The third-order valence-electron chi connectivity index (χ3n) is 2.44. The van der Waals surface area contributed by atoms with E-state index in [1.54, 1.807) is 0 Å². The maximum absolute atomic E-state index is 10.9. The molecule has 1 heterocycles. The Balaban J connectivity index is 2.70.